The van der Waals surface area contributed by atoms with Gasteiger partial charge in [-0.25, -0.2) is 0 Å². The Morgan fingerprint density at radius 2 is 1.95 bits per heavy atom. The van der Waals surface area contributed by atoms with Gasteiger partial charge in [0.2, 0.25) is 0 Å². The molecule has 1 heterocycles. The molecule has 0 saturated carbocycles. The van der Waals surface area contributed by atoms with Crippen LogP contribution in [0.4, 0.5) is 0 Å². The smallest absolute Gasteiger partial charge is 0.119 e. The third-order valence-electron chi connectivity index (χ3n) is 4.03. The van der Waals surface area contributed by atoms with Crippen LogP contribution in [0.2, 0.25) is 0 Å². The summed E-state index contributed by atoms with van der Waals surface area (Å²) in [7, 11) is 1.69. The summed E-state index contributed by atoms with van der Waals surface area (Å²) in [4.78, 5) is 0. The van der Waals surface area contributed by atoms with Gasteiger partial charge in [0.05, 0.1) is 25.2 Å². The predicted octanol–water partition coefficient (Wildman–Crippen LogP) is 4.55. The van der Waals surface area contributed by atoms with Crippen LogP contribution in [-0.2, 0) is 4.74 Å². The lowest BCUT2D eigenvalue weighted by Gasteiger charge is -2.16. The van der Waals surface area contributed by atoms with Gasteiger partial charge in [-0.15, -0.1) is 11.6 Å². The molecule has 3 rings (SSSR count). The molecule has 3 unspecified atom stereocenters. The van der Waals surface area contributed by atoms with Crippen molar-refractivity contribution in [2.75, 3.05) is 13.7 Å². The van der Waals surface area contributed by atoms with Crippen molar-refractivity contribution in [2.45, 2.75) is 24.8 Å². The number of fused-ring (bicyclic) bond motifs is 1. The van der Waals surface area contributed by atoms with Crippen molar-refractivity contribution in [3.05, 3.63) is 42.0 Å². The maximum atomic E-state index is 6.63. The molecule has 1 fully saturated rings. The third-order valence-corrected chi connectivity index (χ3v) is 4.64. The lowest BCUT2D eigenvalue weighted by Crippen LogP contribution is -2.07. The van der Waals surface area contributed by atoms with E-state index in [9.17, 15) is 0 Å². The molecular weight excluding hydrogens is 272 g/mol. The van der Waals surface area contributed by atoms with Gasteiger partial charge in [-0.05, 0) is 47.9 Å². The fourth-order valence-electron chi connectivity index (χ4n) is 2.87. The van der Waals surface area contributed by atoms with Crippen molar-refractivity contribution in [1.29, 1.82) is 0 Å². The number of alkyl halides is 1. The summed E-state index contributed by atoms with van der Waals surface area (Å²) in [5, 5.41) is 2.39. The zero-order chi connectivity index (χ0) is 14.1. The molecule has 0 spiro atoms. The van der Waals surface area contributed by atoms with E-state index in [1.54, 1.807) is 7.11 Å². The average molecular weight is 291 g/mol. The summed E-state index contributed by atoms with van der Waals surface area (Å²) in [6, 6.07) is 12.5. The van der Waals surface area contributed by atoms with E-state index >= 15 is 0 Å². The Bertz CT molecular complexity index is 611. The summed E-state index contributed by atoms with van der Waals surface area (Å²) in [5.41, 5.74) is 1.17. The molecule has 0 bridgehead atoms. The summed E-state index contributed by atoms with van der Waals surface area (Å²) < 4.78 is 10.9. The van der Waals surface area contributed by atoms with Crippen LogP contribution in [0.25, 0.3) is 10.8 Å². The summed E-state index contributed by atoms with van der Waals surface area (Å²) >= 11 is 6.63. The maximum Gasteiger partial charge on any atom is 0.119 e. The van der Waals surface area contributed by atoms with E-state index in [-0.39, 0.29) is 5.38 Å². The number of benzene rings is 2. The molecule has 3 atom stereocenters. The van der Waals surface area contributed by atoms with Crippen molar-refractivity contribution < 1.29 is 9.47 Å². The van der Waals surface area contributed by atoms with Crippen LogP contribution in [0.15, 0.2) is 36.4 Å². The van der Waals surface area contributed by atoms with Crippen LogP contribution in [0.5, 0.6) is 5.75 Å². The minimum absolute atomic E-state index is 0.0199. The van der Waals surface area contributed by atoms with Crippen LogP contribution >= 0.6 is 11.6 Å². The van der Waals surface area contributed by atoms with Gasteiger partial charge >= 0.3 is 0 Å². The van der Waals surface area contributed by atoms with Gasteiger partial charge in [-0.1, -0.05) is 18.2 Å². The second-order valence-electron chi connectivity index (χ2n) is 5.51. The fourth-order valence-corrected chi connectivity index (χ4v) is 3.18. The molecule has 0 amide bonds. The number of ether oxygens (including phenoxy) is 2. The number of rotatable bonds is 3. The standard InChI is InChI=1S/C17H19ClO2/c1-11-7-15(10-20-11)17(18)14-4-3-13-9-16(19-2)6-5-12(13)8-14/h3-6,8-9,11,15,17H,7,10H2,1-2H3. The van der Waals surface area contributed by atoms with Crippen LogP contribution < -0.4 is 4.74 Å². The molecule has 1 aliphatic rings. The monoisotopic (exact) mass is 290 g/mol. The van der Waals surface area contributed by atoms with Crippen molar-refractivity contribution in [2.24, 2.45) is 5.92 Å². The van der Waals surface area contributed by atoms with Gasteiger partial charge in [0.1, 0.15) is 5.75 Å². The molecule has 0 radical (unpaired) electrons. The maximum absolute atomic E-state index is 6.63. The summed E-state index contributed by atoms with van der Waals surface area (Å²) in [6.07, 6.45) is 1.36. The van der Waals surface area contributed by atoms with E-state index in [2.05, 4.69) is 31.2 Å². The summed E-state index contributed by atoms with van der Waals surface area (Å²) in [5.74, 6) is 1.29. The van der Waals surface area contributed by atoms with Gasteiger partial charge in [0, 0.05) is 5.92 Å². The highest BCUT2D eigenvalue weighted by molar-refractivity contribution is 6.21. The van der Waals surface area contributed by atoms with E-state index in [0.717, 1.165) is 18.8 Å². The highest BCUT2D eigenvalue weighted by Gasteiger charge is 2.29. The van der Waals surface area contributed by atoms with Crippen molar-refractivity contribution in [3.63, 3.8) is 0 Å². The fraction of sp³-hybridized carbons (Fsp3) is 0.412. The molecule has 0 aliphatic carbocycles. The van der Waals surface area contributed by atoms with Gasteiger partial charge in [0.25, 0.3) is 0 Å². The zero-order valence-electron chi connectivity index (χ0n) is 11.8. The van der Waals surface area contributed by atoms with Crippen molar-refractivity contribution in [3.8, 4) is 5.75 Å². The van der Waals surface area contributed by atoms with Crippen molar-refractivity contribution >= 4 is 22.4 Å². The minimum atomic E-state index is 0.0199. The number of methoxy groups -OCH3 is 1. The molecule has 3 heteroatoms. The molecule has 1 saturated heterocycles. The highest BCUT2D eigenvalue weighted by Crippen LogP contribution is 2.37. The molecule has 2 nitrogen and oxygen atoms in total. The second kappa shape index (κ2) is 5.63. The molecule has 0 aromatic heterocycles. The Hall–Kier alpha value is -1.25. The minimum Gasteiger partial charge on any atom is -0.497 e. The average Bonchev–Trinajstić information content (AvgIpc) is 2.92. The molecule has 0 N–H and O–H groups in total. The van der Waals surface area contributed by atoms with Gasteiger partial charge < -0.3 is 9.47 Å². The summed E-state index contributed by atoms with van der Waals surface area (Å²) in [6.45, 7) is 2.87. The van der Waals surface area contributed by atoms with Crippen LogP contribution in [0.3, 0.4) is 0 Å². The zero-order valence-corrected chi connectivity index (χ0v) is 12.6. The normalized spacial score (nSPS) is 23.9. The molecule has 1 aliphatic heterocycles. The molecule has 106 valence electrons. The first-order valence-electron chi connectivity index (χ1n) is 7.01. The molecule has 20 heavy (non-hydrogen) atoms. The Labute approximate surface area is 124 Å². The SMILES string of the molecule is COc1ccc2cc(C(Cl)C3COC(C)C3)ccc2c1. The van der Waals surface area contributed by atoms with E-state index in [4.69, 9.17) is 21.1 Å². The van der Waals surface area contributed by atoms with Gasteiger partial charge in [-0.3, -0.25) is 0 Å². The van der Waals surface area contributed by atoms with E-state index in [1.807, 2.05) is 12.1 Å². The first kappa shape index (κ1) is 13.7. The Morgan fingerprint density at radius 3 is 2.65 bits per heavy atom. The van der Waals surface area contributed by atoms with Gasteiger partial charge in [-0.2, -0.15) is 0 Å². The number of hydrogen-bond donors (Lipinski definition) is 0. The van der Waals surface area contributed by atoms with E-state index < -0.39 is 0 Å². The number of halogens is 1. The predicted molar refractivity (Wildman–Crippen MR) is 82.6 cm³/mol. The molecule has 2 aromatic carbocycles. The number of hydrogen-bond acceptors (Lipinski definition) is 2. The molecule has 2 aromatic rings. The Balaban J connectivity index is 1.88. The van der Waals surface area contributed by atoms with Crippen LogP contribution in [0, 0.1) is 5.92 Å². The molecular formula is C17H19ClO2. The van der Waals surface area contributed by atoms with Crippen LogP contribution in [-0.4, -0.2) is 19.8 Å². The topological polar surface area (TPSA) is 18.5 Å². The lowest BCUT2D eigenvalue weighted by atomic mass is 9.94. The van der Waals surface area contributed by atoms with E-state index in [0.29, 0.717) is 12.0 Å². The lowest BCUT2D eigenvalue weighted by molar-refractivity contribution is 0.120. The largest absolute Gasteiger partial charge is 0.497 e. The van der Waals surface area contributed by atoms with Gasteiger partial charge in [0.15, 0.2) is 0 Å². The Kier molecular flexibility index (Phi) is 3.86. The second-order valence-corrected chi connectivity index (χ2v) is 5.98. The van der Waals surface area contributed by atoms with E-state index in [1.165, 1.54) is 16.3 Å². The third kappa shape index (κ3) is 2.63. The van der Waals surface area contributed by atoms with Crippen LogP contribution in [0.1, 0.15) is 24.3 Å². The first-order valence-corrected chi connectivity index (χ1v) is 7.44. The highest BCUT2D eigenvalue weighted by atomic mass is 35.5. The Morgan fingerprint density at radius 1 is 1.20 bits per heavy atom. The quantitative estimate of drug-likeness (QED) is 0.772. The first-order chi connectivity index (χ1) is 9.67. The van der Waals surface area contributed by atoms with Crippen molar-refractivity contribution in [1.82, 2.24) is 0 Å².